The molecule has 1 aromatic heterocycles. The van der Waals surface area contributed by atoms with Crippen LogP contribution in [0.25, 0.3) is 11.0 Å². The number of aromatic nitrogens is 2. The van der Waals surface area contributed by atoms with Crippen molar-refractivity contribution in [3.05, 3.63) is 66.0 Å². The van der Waals surface area contributed by atoms with Crippen LogP contribution in [0, 0.1) is 5.92 Å². The highest BCUT2D eigenvalue weighted by atomic mass is 16.2. The largest absolute Gasteiger partial charge is 0.355 e. The summed E-state index contributed by atoms with van der Waals surface area (Å²) in [6, 6.07) is 17.6. The van der Waals surface area contributed by atoms with Crippen LogP contribution in [0.15, 0.2) is 54.6 Å². The lowest BCUT2D eigenvalue weighted by atomic mass is 9.99. The summed E-state index contributed by atoms with van der Waals surface area (Å²) in [6.07, 6.45) is 3.08. The summed E-state index contributed by atoms with van der Waals surface area (Å²) >= 11 is 0. The molecular formula is C25H30N4O2. The van der Waals surface area contributed by atoms with Gasteiger partial charge in [-0.3, -0.25) is 9.59 Å². The first-order valence-corrected chi connectivity index (χ1v) is 11.1. The van der Waals surface area contributed by atoms with E-state index < -0.39 is 0 Å². The quantitative estimate of drug-likeness (QED) is 0.641. The van der Waals surface area contributed by atoms with Crippen molar-refractivity contribution in [2.24, 2.45) is 5.92 Å². The Hall–Kier alpha value is -3.15. The molecule has 6 nitrogen and oxygen atoms in total. The van der Waals surface area contributed by atoms with Crippen LogP contribution in [0.4, 0.5) is 0 Å². The summed E-state index contributed by atoms with van der Waals surface area (Å²) in [5, 5.41) is 2.99. The molecule has 0 unspecified atom stereocenters. The number of rotatable bonds is 7. The van der Waals surface area contributed by atoms with Crippen LogP contribution in [0.2, 0.25) is 0 Å². The minimum absolute atomic E-state index is 0.00706. The van der Waals surface area contributed by atoms with Crippen molar-refractivity contribution in [1.29, 1.82) is 0 Å². The van der Waals surface area contributed by atoms with Crippen molar-refractivity contribution in [2.75, 3.05) is 19.6 Å². The van der Waals surface area contributed by atoms with E-state index in [9.17, 15) is 9.59 Å². The summed E-state index contributed by atoms with van der Waals surface area (Å²) in [6.45, 7) is 4.69. The van der Waals surface area contributed by atoms with Gasteiger partial charge >= 0.3 is 0 Å². The van der Waals surface area contributed by atoms with E-state index in [0.717, 1.165) is 48.4 Å². The van der Waals surface area contributed by atoms with Gasteiger partial charge in [-0.2, -0.15) is 0 Å². The fraction of sp³-hybridized carbons (Fsp3) is 0.400. The molecule has 0 radical (unpaired) electrons. The van der Waals surface area contributed by atoms with Gasteiger partial charge in [0.25, 0.3) is 0 Å². The van der Waals surface area contributed by atoms with Gasteiger partial charge in [-0.1, -0.05) is 49.4 Å². The SMILES string of the molecule is CC1CCN(C(=O)Cn2c(CCNC(=O)Cc3ccccc3)nc3ccccc32)CC1. The van der Waals surface area contributed by atoms with E-state index in [1.807, 2.05) is 64.1 Å². The number of likely N-dealkylation sites (tertiary alicyclic amines) is 1. The molecule has 0 saturated carbocycles. The zero-order valence-electron chi connectivity index (χ0n) is 18.1. The first kappa shape index (κ1) is 21.1. The van der Waals surface area contributed by atoms with Crippen LogP contribution in [0.5, 0.6) is 0 Å². The van der Waals surface area contributed by atoms with E-state index in [0.29, 0.717) is 31.8 Å². The Bertz CT molecular complexity index is 1040. The number of nitrogens with one attached hydrogen (secondary N) is 1. The molecule has 2 aromatic carbocycles. The fourth-order valence-electron chi connectivity index (χ4n) is 4.14. The minimum atomic E-state index is -0.00706. The Morgan fingerprint density at radius 3 is 2.52 bits per heavy atom. The molecule has 1 fully saturated rings. The number of imidazole rings is 1. The van der Waals surface area contributed by atoms with Gasteiger partial charge in [0.05, 0.1) is 17.5 Å². The molecule has 1 aliphatic heterocycles. The van der Waals surface area contributed by atoms with Crippen molar-refractivity contribution in [2.45, 2.75) is 39.2 Å². The highest BCUT2D eigenvalue weighted by Crippen LogP contribution is 2.19. The molecule has 2 amide bonds. The van der Waals surface area contributed by atoms with Gasteiger partial charge < -0.3 is 14.8 Å². The number of amides is 2. The van der Waals surface area contributed by atoms with E-state index in [1.165, 1.54) is 0 Å². The highest BCUT2D eigenvalue weighted by molar-refractivity contribution is 5.81. The van der Waals surface area contributed by atoms with Crippen molar-refractivity contribution >= 4 is 22.8 Å². The first-order chi connectivity index (χ1) is 15.1. The third kappa shape index (κ3) is 5.32. The van der Waals surface area contributed by atoms with Gasteiger partial charge in [0.1, 0.15) is 12.4 Å². The molecule has 3 aromatic rings. The molecule has 0 aliphatic carbocycles. The molecule has 0 bridgehead atoms. The summed E-state index contributed by atoms with van der Waals surface area (Å²) in [5.74, 6) is 1.66. The molecule has 1 N–H and O–H groups in total. The lowest BCUT2D eigenvalue weighted by Crippen LogP contribution is -2.40. The molecule has 2 heterocycles. The maximum atomic E-state index is 13.0. The molecule has 1 saturated heterocycles. The predicted octanol–water partition coefficient (Wildman–Crippen LogP) is 3.20. The average Bonchev–Trinajstić information content (AvgIpc) is 3.12. The summed E-state index contributed by atoms with van der Waals surface area (Å²) in [7, 11) is 0. The molecule has 0 atom stereocenters. The number of nitrogens with zero attached hydrogens (tertiary/aromatic N) is 3. The number of para-hydroxylation sites is 2. The normalized spacial score (nSPS) is 14.7. The Morgan fingerprint density at radius 1 is 1.03 bits per heavy atom. The van der Waals surface area contributed by atoms with Crippen molar-refractivity contribution < 1.29 is 9.59 Å². The number of piperidine rings is 1. The maximum absolute atomic E-state index is 13.0. The third-order valence-corrected chi connectivity index (χ3v) is 6.04. The standard InChI is InChI=1S/C25H30N4O2/c1-19-12-15-28(16-13-19)25(31)18-29-22-10-6-5-9-21(22)27-23(29)11-14-26-24(30)17-20-7-3-2-4-8-20/h2-10,19H,11-18H2,1H3,(H,26,30). The average molecular weight is 419 g/mol. The Kier molecular flexibility index (Phi) is 6.65. The van der Waals surface area contributed by atoms with Crippen molar-refractivity contribution in [3.63, 3.8) is 0 Å². The number of benzene rings is 2. The molecule has 0 spiro atoms. The minimum Gasteiger partial charge on any atom is -0.355 e. The molecule has 4 rings (SSSR count). The molecular weight excluding hydrogens is 388 g/mol. The second-order valence-electron chi connectivity index (χ2n) is 8.43. The number of hydrogen-bond donors (Lipinski definition) is 1. The maximum Gasteiger partial charge on any atom is 0.242 e. The molecule has 31 heavy (non-hydrogen) atoms. The van der Waals surface area contributed by atoms with E-state index in [1.54, 1.807) is 0 Å². The molecule has 6 heteroatoms. The van der Waals surface area contributed by atoms with Gasteiger partial charge in [0.2, 0.25) is 11.8 Å². The Morgan fingerprint density at radius 2 is 1.74 bits per heavy atom. The summed E-state index contributed by atoms with van der Waals surface area (Å²) in [5.41, 5.74) is 2.84. The zero-order valence-corrected chi connectivity index (χ0v) is 18.1. The first-order valence-electron chi connectivity index (χ1n) is 11.1. The smallest absolute Gasteiger partial charge is 0.242 e. The van der Waals surface area contributed by atoms with Gasteiger partial charge in [-0.05, 0) is 36.5 Å². The molecule has 162 valence electrons. The van der Waals surface area contributed by atoms with Crippen LogP contribution >= 0.6 is 0 Å². The number of carbonyl (C=O) groups excluding carboxylic acids is 2. The number of hydrogen-bond acceptors (Lipinski definition) is 3. The van der Waals surface area contributed by atoms with Crippen LogP contribution in [-0.2, 0) is 29.0 Å². The van der Waals surface area contributed by atoms with Gasteiger partial charge in [-0.25, -0.2) is 4.98 Å². The number of carbonyl (C=O) groups is 2. The van der Waals surface area contributed by atoms with Crippen LogP contribution in [-0.4, -0.2) is 45.9 Å². The Balaban J connectivity index is 1.41. The van der Waals surface area contributed by atoms with Crippen molar-refractivity contribution in [3.8, 4) is 0 Å². The second-order valence-corrected chi connectivity index (χ2v) is 8.43. The van der Waals surface area contributed by atoms with E-state index >= 15 is 0 Å². The van der Waals surface area contributed by atoms with Gasteiger partial charge in [0, 0.05) is 26.1 Å². The Labute approximate surface area is 183 Å². The number of fused-ring (bicyclic) bond motifs is 1. The lowest BCUT2D eigenvalue weighted by Gasteiger charge is -2.30. The predicted molar refractivity (Wildman–Crippen MR) is 122 cm³/mol. The van der Waals surface area contributed by atoms with Gasteiger partial charge in [0.15, 0.2) is 0 Å². The zero-order chi connectivity index (χ0) is 21.6. The van der Waals surface area contributed by atoms with E-state index in [-0.39, 0.29) is 11.8 Å². The van der Waals surface area contributed by atoms with E-state index in [4.69, 9.17) is 4.98 Å². The van der Waals surface area contributed by atoms with Crippen molar-refractivity contribution in [1.82, 2.24) is 19.8 Å². The van der Waals surface area contributed by atoms with Crippen LogP contribution < -0.4 is 5.32 Å². The summed E-state index contributed by atoms with van der Waals surface area (Å²) < 4.78 is 2.01. The summed E-state index contributed by atoms with van der Waals surface area (Å²) in [4.78, 5) is 31.9. The highest BCUT2D eigenvalue weighted by Gasteiger charge is 2.22. The van der Waals surface area contributed by atoms with Crippen LogP contribution in [0.3, 0.4) is 0 Å². The topological polar surface area (TPSA) is 67.2 Å². The third-order valence-electron chi connectivity index (χ3n) is 6.04. The second kappa shape index (κ2) is 9.77. The van der Waals surface area contributed by atoms with Crippen LogP contribution in [0.1, 0.15) is 31.2 Å². The molecule has 1 aliphatic rings. The van der Waals surface area contributed by atoms with E-state index in [2.05, 4.69) is 12.2 Å². The van der Waals surface area contributed by atoms with Gasteiger partial charge in [-0.15, -0.1) is 0 Å². The monoisotopic (exact) mass is 418 g/mol. The fourth-order valence-corrected chi connectivity index (χ4v) is 4.14. The lowest BCUT2D eigenvalue weighted by molar-refractivity contribution is -0.133.